The monoisotopic (exact) mass is 555 g/mol. The smallest absolute Gasteiger partial charge is 0.242 e. The van der Waals surface area contributed by atoms with Gasteiger partial charge in [-0.3, -0.25) is 13.9 Å². The van der Waals surface area contributed by atoms with E-state index in [-0.39, 0.29) is 37.7 Å². The van der Waals surface area contributed by atoms with Crippen molar-refractivity contribution in [3.8, 4) is 0 Å². The van der Waals surface area contributed by atoms with Crippen LogP contribution in [0.2, 0.25) is 10.0 Å². The van der Waals surface area contributed by atoms with E-state index < -0.39 is 16.1 Å². The summed E-state index contributed by atoms with van der Waals surface area (Å²) in [7, 11) is -3.60. The molecule has 10 heteroatoms. The third-order valence-corrected chi connectivity index (χ3v) is 7.91. The van der Waals surface area contributed by atoms with Crippen LogP contribution >= 0.6 is 23.2 Å². The van der Waals surface area contributed by atoms with Crippen molar-refractivity contribution >= 4 is 50.7 Å². The molecule has 0 radical (unpaired) electrons. The maximum atomic E-state index is 13.3. The second-order valence-electron chi connectivity index (χ2n) is 8.76. The summed E-state index contributed by atoms with van der Waals surface area (Å²) in [6.07, 6.45) is 3.24. The Bertz CT molecular complexity index is 1160. The number of unbranched alkanes of at least 4 members (excludes halogenated alkanes) is 1. The molecule has 0 heterocycles. The minimum absolute atomic E-state index is 0.0582. The zero-order valence-corrected chi connectivity index (χ0v) is 23.6. The van der Waals surface area contributed by atoms with Gasteiger partial charge in [-0.1, -0.05) is 60.8 Å². The predicted octanol–water partition coefficient (Wildman–Crippen LogP) is 5.18. The summed E-state index contributed by atoms with van der Waals surface area (Å²) in [4.78, 5) is 27.6. The Kier molecular flexibility index (Phi) is 11.5. The number of carbonyl (C=O) groups is 2. The van der Waals surface area contributed by atoms with E-state index >= 15 is 0 Å². The molecule has 2 aromatic rings. The van der Waals surface area contributed by atoms with Gasteiger partial charge in [0.1, 0.15) is 6.04 Å². The number of benzene rings is 2. The Labute approximate surface area is 224 Å². The number of hydrogen-bond acceptors (Lipinski definition) is 4. The molecule has 0 spiro atoms. The van der Waals surface area contributed by atoms with Crippen molar-refractivity contribution in [2.75, 3.05) is 23.7 Å². The first-order valence-electron chi connectivity index (χ1n) is 12.0. The largest absolute Gasteiger partial charge is 0.354 e. The van der Waals surface area contributed by atoms with Crippen LogP contribution in [0, 0.1) is 6.92 Å². The molecule has 2 aromatic carbocycles. The zero-order chi connectivity index (χ0) is 26.9. The number of carbonyl (C=O) groups excluding carboxylic acids is 2. The molecule has 0 aliphatic heterocycles. The molecule has 1 unspecified atom stereocenters. The van der Waals surface area contributed by atoms with Crippen molar-refractivity contribution in [3.63, 3.8) is 0 Å². The van der Waals surface area contributed by atoms with Crippen molar-refractivity contribution in [3.05, 3.63) is 63.6 Å². The van der Waals surface area contributed by atoms with Gasteiger partial charge in [0.25, 0.3) is 0 Å². The maximum Gasteiger partial charge on any atom is 0.242 e. The van der Waals surface area contributed by atoms with Crippen LogP contribution in [-0.4, -0.2) is 50.5 Å². The Morgan fingerprint density at radius 1 is 1.03 bits per heavy atom. The van der Waals surface area contributed by atoms with Crippen LogP contribution in [0.4, 0.5) is 5.69 Å². The van der Waals surface area contributed by atoms with Crippen LogP contribution in [0.1, 0.15) is 50.7 Å². The SMILES string of the molecule is CCCCNC(=O)C(C)N(Cc1ccccc1Cl)C(=O)CCCN(c1cccc(Cl)c1C)S(C)(=O)=O. The number of nitrogens with one attached hydrogen (secondary N) is 1. The van der Waals surface area contributed by atoms with Gasteiger partial charge >= 0.3 is 0 Å². The quantitative estimate of drug-likeness (QED) is 0.345. The van der Waals surface area contributed by atoms with Gasteiger partial charge in [0.15, 0.2) is 0 Å². The highest BCUT2D eigenvalue weighted by Crippen LogP contribution is 2.28. The zero-order valence-electron chi connectivity index (χ0n) is 21.3. The van der Waals surface area contributed by atoms with Gasteiger partial charge in [0.05, 0.1) is 11.9 Å². The lowest BCUT2D eigenvalue weighted by molar-refractivity contribution is -0.140. The van der Waals surface area contributed by atoms with Gasteiger partial charge in [-0.05, 0) is 56.0 Å². The molecule has 1 atom stereocenters. The molecule has 198 valence electrons. The molecular formula is C26H35Cl2N3O4S. The lowest BCUT2D eigenvalue weighted by atomic mass is 10.1. The second kappa shape index (κ2) is 13.9. The molecular weight excluding hydrogens is 521 g/mol. The van der Waals surface area contributed by atoms with Crippen LogP contribution in [0.15, 0.2) is 42.5 Å². The van der Waals surface area contributed by atoms with Crippen LogP contribution < -0.4 is 9.62 Å². The summed E-state index contributed by atoms with van der Waals surface area (Å²) < 4.78 is 26.3. The summed E-state index contributed by atoms with van der Waals surface area (Å²) in [6.45, 7) is 6.29. The third kappa shape index (κ3) is 8.39. The van der Waals surface area contributed by atoms with Gasteiger partial charge in [-0.2, -0.15) is 0 Å². The maximum absolute atomic E-state index is 13.3. The average Bonchev–Trinajstić information content (AvgIpc) is 2.82. The molecule has 0 aliphatic rings. The van der Waals surface area contributed by atoms with Crippen molar-refractivity contribution in [2.45, 2.75) is 59.0 Å². The number of anilines is 1. The summed E-state index contributed by atoms with van der Waals surface area (Å²) >= 11 is 12.5. The number of sulfonamides is 1. The highest BCUT2D eigenvalue weighted by atomic mass is 35.5. The molecule has 0 saturated heterocycles. The number of amides is 2. The molecule has 1 N–H and O–H groups in total. The van der Waals surface area contributed by atoms with Crippen molar-refractivity contribution < 1.29 is 18.0 Å². The average molecular weight is 557 g/mol. The van der Waals surface area contributed by atoms with E-state index in [2.05, 4.69) is 5.32 Å². The third-order valence-electron chi connectivity index (χ3n) is 5.96. The lowest BCUT2D eigenvalue weighted by Crippen LogP contribution is -2.48. The molecule has 0 aromatic heterocycles. The molecule has 0 bridgehead atoms. The highest BCUT2D eigenvalue weighted by molar-refractivity contribution is 7.92. The Hall–Kier alpha value is -2.29. The first-order chi connectivity index (χ1) is 17.0. The summed E-state index contributed by atoms with van der Waals surface area (Å²) in [5.41, 5.74) is 1.86. The minimum Gasteiger partial charge on any atom is -0.354 e. The van der Waals surface area contributed by atoms with Gasteiger partial charge in [-0.25, -0.2) is 8.42 Å². The van der Waals surface area contributed by atoms with Gasteiger partial charge in [-0.15, -0.1) is 0 Å². The predicted molar refractivity (Wildman–Crippen MR) is 147 cm³/mol. The summed E-state index contributed by atoms with van der Waals surface area (Å²) in [6, 6.07) is 11.6. The lowest BCUT2D eigenvalue weighted by Gasteiger charge is -2.30. The van der Waals surface area contributed by atoms with E-state index in [0.717, 1.165) is 24.7 Å². The van der Waals surface area contributed by atoms with Crippen LogP contribution in [0.3, 0.4) is 0 Å². The Morgan fingerprint density at radius 3 is 2.33 bits per heavy atom. The normalized spacial score (nSPS) is 12.2. The van der Waals surface area contributed by atoms with E-state index in [9.17, 15) is 18.0 Å². The summed E-state index contributed by atoms with van der Waals surface area (Å²) in [5.74, 6) is -0.500. The standard InChI is InChI=1S/C26H35Cl2N3O4S/c1-5-6-16-29-26(33)20(3)30(18-21-11-7-8-12-23(21)28)25(32)15-10-17-31(36(4,34)35)24-14-9-13-22(27)19(24)2/h7-9,11-14,20H,5-6,10,15-18H2,1-4H3,(H,29,33). The molecule has 2 amide bonds. The molecule has 0 saturated carbocycles. The summed E-state index contributed by atoms with van der Waals surface area (Å²) in [5, 5.41) is 3.85. The van der Waals surface area contributed by atoms with E-state index in [1.165, 1.54) is 9.21 Å². The number of nitrogens with zero attached hydrogens (tertiary/aromatic N) is 2. The molecule has 36 heavy (non-hydrogen) atoms. The van der Waals surface area contributed by atoms with E-state index in [1.54, 1.807) is 44.2 Å². The van der Waals surface area contributed by atoms with Crippen LogP contribution in [-0.2, 0) is 26.2 Å². The molecule has 2 rings (SSSR count). The highest BCUT2D eigenvalue weighted by Gasteiger charge is 2.27. The van der Waals surface area contributed by atoms with E-state index in [0.29, 0.717) is 27.8 Å². The number of halogens is 2. The number of hydrogen-bond donors (Lipinski definition) is 1. The molecule has 0 fully saturated rings. The van der Waals surface area contributed by atoms with Gasteiger partial charge in [0, 0.05) is 36.1 Å². The minimum atomic E-state index is -3.60. The van der Waals surface area contributed by atoms with Crippen molar-refractivity contribution in [2.24, 2.45) is 0 Å². The van der Waals surface area contributed by atoms with E-state index in [1.807, 2.05) is 19.1 Å². The topological polar surface area (TPSA) is 86.8 Å². The van der Waals surface area contributed by atoms with Crippen molar-refractivity contribution in [1.82, 2.24) is 10.2 Å². The Balaban J connectivity index is 2.19. The fourth-order valence-corrected chi connectivity index (χ4v) is 5.16. The van der Waals surface area contributed by atoms with E-state index in [4.69, 9.17) is 23.2 Å². The first kappa shape index (κ1) is 29.9. The molecule has 0 aliphatic carbocycles. The van der Waals surface area contributed by atoms with Crippen LogP contribution in [0.5, 0.6) is 0 Å². The van der Waals surface area contributed by atoms with Crippen molar-refractivity contribution in [1.29, 1.82) is 0 Å². The fourth-order valence-electron chi connectivity index (χ4n) is 3.78. The first-order valence-corrected chi connectivity index (χ1v) is 14.6. The van der Waals surface area contributed by atoms with Gasteiger partial charge in [0.2, 0.25) is 21.8 Å². The van der Waals surface area contributed by atoms with Gasteiger partial charge < -0.3 is 10.2 Å². The molecule has 7 nitrogen and oxygen atoms in total. The Morgan fingerprint density at radius 2 is 1.69 bits per heavy atom. The van der Waals surface area contributed by atoms with Crippen LogP contribution in [0.25, 0.3) is 0 Å². The fraction of sp³-hybridized carbons (Fsp3) is 0.462. The second-order valence-corrected chi connectivity index (χ2v) is 11.5. The number of rotatable bonds is 13.